The highest BCUT2D eigenvalue weighted by molar-refractivity contribution is 5.81. The normalized spacial score (nSPS) is 11.2. The average Bonchev–Trinajstić information content (AvgIpc) is 3.16. The van der Waals surface area contributed by atoms with Crippen molar-refractivity contribution in [3.63, 3.8) is 0 Å². The smallest absolute Gasteiger partial charge is 0.347 e. The van der Waals surface area contributed by atoms with Gasteiger partial charge in [-0.05, 0) is 42.2 Å². The number of carbonyl (C=O) groups is 1. The molecule has 244 valence electrons. The molecule has 0 spiro atoms. The maximum atomic E-state index is 12.0. The lowest BCUT2D eigenvalue weighted by atomic mass is 10.0. The third-order valence-electron chi connectivity index (χ3n) is 8.10. The fraction of sp³-hybridized carbons (Fsp3) is 0.0750. The first-order valence-electron chi connectivity index (χ1n) is 15.8. The molecule has 0 amide bonds. The summed E-state index contributed by atoms with van der Waals surface area (Å²) in [6, 6.07) is 38.6. The number of hydrogen-bond donors (Lipinski definition) is 2. The van der Waals surface area contributed by atoms with E-state index in [9.17, 15) is 15.0 Å². The number of carboxylic acid groups (broad SMARTS) is 1. The Hall–Kier alpha value is -6.81. The third-order valence-corrected chi connectivity index (χ3v) is 8.10. The molecule has 0 atom stereocenters. The summed E-state index contributed by atoms with van der Waals surface area (Å²) in [6.45, 7) is 2.83. The Labute approximate surface area is 287 Å². The van der Waals surface area contributed by atoms with E-state index >= 15 is 0 Å². The highest BCUT2D eigenvalue weighted by Crippen LogP contribution is 2.40. The zero-order valence-electron chi connectivity index (χ0n) is 27.1. The number of aliphatic carboxylic acids is 1. The van der Waals surface area contributed by atoms with Crippen molar-refractivity contribution in [1.82, 2.24) is 29.9 Å². The summed E-state index contributed by atoms with van der Waals surface area (Å²) in [6.07, 6.45) is 2.75. The molecule has 0 aliphatic heterocycles. The van der Waals surface area contributed by atoms with Crippen molar-refractivity contribution in [3.05, 3.63) is 134 Å². The lowest BCUT2D eigenvalue weighted by Crippen LogP contribution is -2.38. The van der Waals surface area contributed by atoms with Crippen molar-refractivity contribution < 1.29 is 19.7 Å². The van der Waals surface area contributed by atoms with E-state index in [0.717, 1.165) is 33.4 Å². The van der Waals surface area contributed by atoms with E-state index in [-0.39, 0.29) is 28.7 Å². The van der Waals surface area contributed by atoms with Crippen LogP contribution in [0.3, 0.4) is 0 Å². The topological polar surface area (TPSA) is 144 Å². The predicted molar refractivity (Wildman–Crippen MR) is 190 cm³/mol. The first-order chi connectivity index (χ1) is 24.2. The molecule has 7 aromatic rings. The van der Waals surface area contributed by atoms with Crippen molar-refractivity contribution >= 4 is 5.97 Å². The Balaban J connectivity index is 1.27. The number of nitrogens with zero attached hydrogens (tertiary/aromatic N) is 6. The number of aromatic hydroxyl groups is 1. The van der Waals surface area contributed by atoms with Crippen LogP contribution in [0.1, 0.15) is 13.8 Å². The van der Waals surface area contributed by atoms with Gasteiger partial charge in [-0.25, -0.2) is 34.7 Å². The van der Waals surface area contributed by atoms with Crippen LogP contribution in [0.25, 0.3) is 67.8 Å². The molecule has 0 radical (unpaired) electrons. The number of hydrogen-bond acceptors (Lipinski definition) is 9. The Morgan fingerprint density at radius 2 is 0.940 bits per heavy atom. The Morgan fingerprint density at radius 3 is 1.40 bits per heavy atom. The first-order valence-corrected chi connectivity index (χ1v) is 15.8. The van der Waals surface area contributed by atoms with Gasteiger partial charge in [-0.15, -0.1) is 0 Å². The van der Waals surface area contributed by atoms with E-state index in [1.54, 1.807) is 6.07 Å². The van der Waals surface area contributed by atoms with Crippen LogP contribution >= 0.6 is 0 Å². The summed E-state index contributed by atoms with van der Waals surface area (Å²) in [5.74, 6) is -0.171. The van der Waals surface area contributed by atoms with Gasteiger partial charge >= 0.3 is 5.97 Å². The SMILES string of the molecule is CC(C)(Oc1cc(O)c(-c2ncnc(-c3ccc(-c4ccccc4)cc3)n2)cc1-c1ncnc(-c2ccc(-c3ccccc3)cc2)n1)C(=O)O. The molecule has 0 unspecified atom stereocenters. The fourth-order valence-electron chi connectivity index (χ4n) is 5.34. The van der Waals surface area contributed by atoms with Crippen molar-refractivity contribution in [3.8, 4) is 79.3 Å². The molecule has 0 saturated carbocycles. The third kappa shape index (κ3) is 6.63. The fourth-order valence-corrected chi connectivity index (χ4v) is 5.34. The molecule has 10 nitrogen and oxygen atoms in total. The molecule has 2 heterocycles. The van der Waals surface area contributed by atoms with Gasteiger partial charge in [0, 0.05) is 17.2 Å². The van der Waals surface area contributed by atoms with Crippen LogP contribution in [0.4, 0.5) is 0 Å². The van der Waals surface area contributed by atoms with Crippen molar-refractivity contribution in [2.75, 3.05) is 0 Å². The number of rotatable bonds is 9. The molecular weight excluding hydrogens is 628 g/mol. The molecule has 10 heteroatoms. The predicted octanol–water partition coefficient (Wildman–Crippen LogP) is 8.01. The Morgan fingerprint density at radius 1 is 0.540 bits per heavy atom. The van der Waals surface area contributed by atoms with Crippen LogP contribution in [-0.4, -0.2) is 51.7 Å². The largest absolute Gasteiger partial charge is 0.507 e. The van der Waals surface area contributed by atoms with Crippen molar-refractivity contribution in [1.29, 1.82) is 0 Å². The maximum Gasteiger partial charge on any atom is 0.347 e. The summed E-state index contributed by atoms with van der Waals surface area (Å²) in [5.41, 5.74) is 4.70. The van der Waals surface area contributed by atoms with Gasteiger partial charge in [0.1, 0.15) is 24.2 Å². The minimum atomic E-state index is -1.64. The second kappa shape index (κ2) is 13.4. The lowest BCUT2D eigenvalue weighted by molar-refractivity contribution is -0.152. The number of carboxylic acids is 1. The van der Waals surface area contributed by atoms with Gasteiger partial charge in [-0.1, -0.05) is 109 Å². The average molecular weight is 659 g/mol. The highest BCUT2D eigenvalue weighted by Gasteiger charge is 2.32. The van der Waals surface area contributed by atoms with Gasteiger partial charge < -0.3 is 14.9 Å². The summed E-state index contributed by atoms with van der Waals surface area (Å²) >= 11 is 0. The molecule has 0 aliphatic carbocycles. The number of phenolic OH excluding ortho intramolecular Hbond substituents is 1. The molecule has 2 N–H and O–H groups in total. The van der Waals surface area contributed by atoms with Crippen LogP contribution in [0.2, 0.25) is 0 Å². The van der Waals surface area contributed by atoms with Crippen LogP contribution < -0.4 is 4.74 Å². The summed E-state index contributed by atoms with van der Waals surface area (Å²) in [4.78, 5) is 39.0. The van der Waals surface area contributed by atoms with Crippen molar-refractivity contribution in [2.45, 2.75) is 19.4 Å². The molecular formula is C40H30N6O4. The summed E-state index contributed by atoms with van der Waals surface area (Å²) in [5, 5.41) is 21.1. The zero-order valence-corrected chi connectivity index (χ0v) is 27.1. The van der Waals surface area contributed by atoms with Gasteiger partial charge in [0.15, 0.2) is 28.9 Å². The lowest BCUT2D eigenvalue weighted by Gasteiger charge is -2.23. The Kier molecular flexibility index (Phi) is 8.49. The van der Waals surface area contributed by atoms with E-state index in [1.807, 2.05) is 109 Å². The quantitative estimate of drug-likeness (QED) is 0.156. The highest BCUT2D eigenvalue weighted by atomic mass is 16.5. The molecule has 0 aliphatic rings. The monoisotopic (exact) mass is 658 g/mol. The number of aromatic nitrogens is 6. The van der Waals surface area contributed by atoms with Gasteiger partial charge in [0.2, 0.25) is 0 Å². The molecule has 7 rings (SSSR count). The standard InChI is InChI=1S/C40H30N6O4/c1-40(2,39(48)49)50-34-22-33(47)31(37-43-23-41-35(45-37)29-17-13-27(14-18-29)25-9-5-3-6-10-25)21-32(34)38-44-24-42-36(46-38)30-19-15-28(16-20-30)26-11-7-4-8-12-26/h3-24,47H,1-2H3,(H,48,49). The van der Waals surface area contributed by atoms with E-state index in [0.29, 0.717) is 17.2 Å². The zero-order chi connectivity index (χ0) is 34.7. The van der Waals surface area contributed by atoms with E-state index in [1.165, 1.54) is 32.6 Å². The number of phenols is 1. The van der Waals surface area contributed by atoms with Gasteiger partial charge in [0.25, 0.3) is 0 Å². The van der Waals surface area contributed by atoms with Crippen LogP contribution in [0.5, 0.6) is 11.5 Å². The van der Waals surface area contributed by atoms with Crippen LogP contribution in [0.15, 0.2) is 134 Å². The molecule has 0 fully saturated rings. The summed E-state index contributed by atoms with van der Waals surface area (Å²) < 4.78 is 5.96. The van der Waals surface area contributed by atoms with Gasteiger partial charge in [-0.2, -0.15) is 0 Å². The van der Waals surface area contributed by atoms with Gasteiger partial charge in [-0.3, -0.25) is 0 Å². The number of ether oxygens (including phenoxy) is 1. The summed E-state index contributed by atoms with van der Waals surface area (Å²) in [7, 11) is 0. The van der Waals surface area contributed by atoms with Crippen molar-refractivity contribution in [2.24, 2.45) is 0 Å². The molecule has 0 saturated heterocycles. The molecule has 5 aromatic carbocycles. The van der Waals surface area contributed by atoms with Crippen LogP contribution in [0, 0.1) is 0 Å². The molecule has 0 bridgehead atoms. The van der Waals surface area contributed by atoms with E-state index in [4.69, 9.17) is 9.72 Å². The Bertz CT molecular complexity index is 2300. The minimum absolute atomic E-state index is 0.0565. The number of benzene rings is 5. The second-order valence-corrected chi connectivity index (χ2v) is 11.9. The maximum absolute atomic E-state index is 12.0. The minimum Gasteiger partial charge on any atom is -0.507 e. The van der Waals surface area contributed by atoms with Crippen LogP contribution in [-0.2, 0) is 4.79 Å². The molecule has 2 aromatic heterocycles. The first kappa shape index (κ1) is 31.8. The van der Waals surface area contributed by atoms with E-state index in [2.05, 4.69) is 24.9 Å². The molecule has 50 heavy (non-hydrogen) atoms. The van der Waals surface area contributed by atoms with Gasteiger partial charge in [0.05, 0.1) is 11.1 Å². The second-order valence-electron chi connectivity index (χ2n) is 11.9. The van der Waals surface area contributed by atoms with E-state index < -0.39 is 11.6 Å².